The van der Waals surface area contributed by atoms with E-state index in [2.05, 4.69) is 15.0 Å². The molecule has 21 heavy (non-hydrogen) atoms. The first-order valence-electron chi connectivity index (χ1n) is 6.31. The Balaban J connectivity index is 1.91. The molecule has 0 bridgehead atoms. The molecule has 0 radical (unpaired) electrons. The molecule has 0 atom stereocenters. The number of Topliss-reactive ketones (excluding diaryl/α,β-unsaturated/α-hetero) is 1. The van der Waals surface area contributed by atoms with Crippen molar-refractivity contribution in [1.82, 2.24) is 15.0 Å². The number of carbonyl (C=O) groups is 2. The summed E-state index contributed by atoms with van der Waals surface area (Å²) < 4.78 is 0. The standard InChI is InChI=1S/C14H14N4O3/c15-14-17-7-10(8-18-14)2-1-9-3-4-11(16-6-9)5-12(19)13(20)21/h3-4,6-8H,1-2,5H2,(H,20,21)(H2,15,17,18). The van der Waals surface area contributed by atoms with Gasteiger partial charge in [-0.3, -0.25) is 9.78 Å². The third-order valence-corrected chi connectivity index (χ3v) is 2.89. The summed E-state index contributed by atoms with van der Waals surface area (Å²) in [5, 5.41) is 8.53. The third-order valence-electron chi connectivity index (χ3n) is 2.89. The molecule has 3 N–H and O–H groups in total. The highest BCUT2D eigenvalue weighted by Gasteiger charge is 2.12. The van der Waals surface area contributed by atoms with Crippen LogP contribution in [0.3, 0.4) is 0 Å². The molecule has 0 saturated carbocycles. The van der Waals surface area contributed by atoms with Crippen LogP contribution in [0.15, 0.2) is 30.7 Å². The van der Waals surface area contributed by atoms with Gasteiger partial charge < -0.3 is 10.8 Å². The van der Waals surface area contributed by atoms with Crippen LogP contribution >= 0.6 is 0 Å². The number of nitrogens with two attached hydrogens (primary N) is 1. The Morgan fingerprint density at radius 2 is 1.62 bits per heavy atom. The zero-order valence-electron chi connectivity index (χ0n) is 11.2. The lowest BCUT2D eigenvalue weighted by Gasteiger charge is -2.03. The lowest BCUT2D eigenvalue weighted by atomic mass is 10.1. The summed E-state index contributed by atoms with van der Waals surface area (Å²) in [7, 11) is 0. The second-order valence-electron chi connectivity index (χ2n) is 4.51. The van der Waals surface area contributed by atoms with Gasteiger partial charge in [-0.25, -0.2) is 14.8 Å². The van der Waals surface area contributed by atoms with Gasteiger partial charge in [0.15, 0.2) is 0 Å². The fourth-order valence-electron chi connectivity index (χ4n) is 1.73. The van der Waals surface area contributed by atoms with Gasteiger partial charge >= 0.3 is 5.97 Å². The normalized spacial score (nSPS) is 10.3. The zero-order valence-corrected chi connectivity index (χ0v) is 11.2. The summed E-state index contributed by atoms with van der Waals surface area (Å²) in [4.78, 5) is 33.4. The molecule has 0 aliphatic carbocycles. The number of hydrogen-bond acceptors (Lipinski definition) is 6. The van der Waals surface area contributed by atoms with Crippen LogP contribution in [-0.4, -0.2) is 31.8 Å². The monoisotopic (exact) mass is 286 g/mol. The molecule has 2 rings (SSSR count). The van der Waals surface area contributed by atoms with Crippen LogP contribution in [0, 0.1) is 0 Å². The molecule has 0 amide bonds. The Morgan fingerprint density at radius 1 is 1.00 bits per heavy atom. The van der Waals surface area contributed by atoms with Crippen molar-refractivity contribution in [2.75, 3.05) is 5.73 Å². The van der Waals surface area contributed by atoms with Gasteiger partial charge in [-0.1, -0.05) is 6.07 Å². The summed E-state index contributed by atoms with van der Waals surface area (Å²) in [6.07, 6.45) is 6.29. The summed E-state index contributed by atoms with van der Waals surface area (Å²) in [6, 6.07) is 3.49. The molecular formula is C14H14N4O3. The van der Waals surface area contributed by atoms with Crippen molar-refractivity contribution in [2.24, 2.45) is 0 Å². The maximum Gasteiger partial charge on any atom is 0.372 e. The van der Waals surface area contributed by atoms with E-state index in [0.29, 0.717) is 5.69 Å². The van der Waals surface area contributed by atoms with E-state index in [9.17, 15) is 9.59 Å². The van der Waals surface area contributed by atoms with Crippen molar-refractivity contribution in [1.29, 1.82) is 0 Å². The molecule has 0 unspecified atom stereocenters. The lowest BCUT2D eigenvalue weighted by molar-refractivity contribution is -0.148. The van der Waals surface area contributed by atoms with Gasteiger partial charge in [0, 0.05) is 24.3 Å². The predicted molar refractivity (Wildman–Crippen MR) is 74.4 cm³/mol. The van der Waals surface area contributed by atoms with E-state index in [-0.39, 0.29) is 12.4 Å². The van der Waals surface area contributed by atoms with Crippen LogP contribution in [0.25, 0.3) is 0 Å². The second kappa shape index (κ2) is 6.56. The van der Waals surface area contributed by atoms with E-state index >= 15 is 0 Å². The summed E-state index contributed by atoms with van der Waals surface area (Å²) in [5.74, 6) is -2.06. The molecule has 0 fully saturated rings. The largest absolute Gasteiger partial charge is 0.475 e. The molecule has 0 saturated heterocycles. The molecule has 7 nitrogen and oxygen atoms in total. The predicted octanol–water partition coefficient (Wildman–Crippen LogP) is 0.435. The number of carboxylic acids is 1. The lowest BCUT2D eigenvalue weighted by Crippen LogP contribution is -2.15. The molecule has 2 heterocycles. The fourth-order valence-corrected chi connectivity index (χ4v) is 1.73. The van der Waals surface area contributed by atoms with E-state index < -0.39 is 11.8 Å². The molecule has 108 valence electrons. The van der Waals surface area contributed by atoms with Crippen molar-refractivity contribution in [3.63, 3.8) is 0 Å². The number of aryl methyl sites for hydroxylation is 2. The zero-order chi connectivity index (χ0) is 15.2. The third kappa shape index (κ3) is 4.34. The maximum absolute atomic E-state index is 11.1. The quantitative estimate of drug-likeness (QED) is 0.739. The number of anilines is 1. The Hall–Kier alpha value is -2.83. The Labute approximate surface area is 120 Å². The average molecular weight is 286 g/mol. The van der Waals surface area contributed by atoms with E-state index in [1.165, 1.54) is 0 Å². The molecule has 0 spiro atoms. The smallest absolute Gasteiger partial charge is 0.372 e. The highest BCUT2D eigenvalue weighted by atomic mass is 16.4. The summed E-state index contributed by atoms with van der Waals surface area (Å²) in [5.41, 5.74) is 7.81. The minimum Gasteiger partial charge on any atom is -0.475 e. The van der Waals surface area contributed by atoms with Gasteiger partial charge in [0.1, 0.15) is 0 Å². The molecular weight excluding hydrogens is 272 g/mol. The maximum atomic E-state index is 11.1. The van der Waals surface area contributed by atoms with E-state index in [4.69, 9.17) is 10.8 Å². The minimum absolute atomic E-state index is 0.193. The summed E-state index contributed by atoms with van der Waals surface area (Å²) >= 11 is 0. The number of hydrogen-bond donors (Lipinski definition) is 2. The number of pyridine rings is 1. The Kier molecular flexibility index (Phi) is 4.55. The highest BCUT2D eigenvalue weighted by molar-refractivity contribution is 6.33. The summed E-state index contributed by atoms with van der Waals surface area (Å²) in [6.45, 7) is 0. The van der Waals surface area contributed by atoms with Crippen molar-refractivity contribution in [3.05, 3.63) is 47.5 Å². The van der Waals surface area contributed by atoms with Crippen LogP contribution in [0.1, 0.15) is 16.8 Å². The van der Waals surface area contributed by atoms with Crippen LogP contribution < -0.4 is 5.73 Å². The molecule has 0 aliphatic rings. The highest BCUT2D eigenvalue weighted by Crippen LogP contribution is 2.07. The molecule has 0 aromatic carbocycles. The number of rotatable bonds is 6. The number of aliphatic carboxylic acids is 1. The van der Waals surface area contributed by atoms with Crippen LogP contribution in [0.4, 0.5) is 5.95 Å². The van der Waals surface area contributed by atoms with Crippen molar-refractivity contribution >= 4 is 17.7 Å². The van der Waals surface area contributed by atoms with E-state index in [1.807, 2.05) is 6.07 Å². The first-order chi connectivity index (χ1) is 10.0. The van der Waals surface area contributed by atoms with Gasteiger partial charge in [-0.05, 0) is 30.0 Å². The van der Waals surface area contributed by atoms with E-state index in [1.54, 1.807) is 24.7 Å². The number of carboxylic acid groups (broad SMARTS) is 1. The number of nitrogens with zero attached hydrogens (tertiary/aromatic N) is 3. The Bertz CT molecular complexity index is 638. The van der Waals surface area contributed by atoms with Gasteiger partial charge in [0.2, 0.25) is 11.7 Å². The average Bonchev–Trinajstić information content (AvgIpc) is 2.48. The first-order valence-corrected chi connectivity index (χ1v) is 6.31. The van der Waals surface area contributed by atoms with Crippen molar-refractivity contribution in [3.8, 4) is 0 Å². The van der Waals surface area contributed by atoms with Crippen LogP contribution in [-0.2, 0) is 28.9 Å². The number of ketones is 1. The van der Waals surface area contributed by atoms with Gasteiger partial charge in [-0.15, -0.1) is 0 Å². The SMILES string of the molecule is Nc1ncc(CCc2ccc(CC(=O)C(=O)O)nc2)cn1. The van der Waals surface area contributed by atoms with Crippen LogP contribution in [0.5, 0.6) is 0 Å². The van der Waals surface area contributed by atoms with Gasteiger partial charge in [0.05, 0.1) is 6.42 Å². The fraction of sp³-hybridized carbons (Fsp3) is 0.214. The second-order valence-corrected chi connectivity index (χ2v) is 4.51. The minimum atomic E-state index is -1.44. The number of nitrogen functional groups attached to an aromatic ring is 1. The first kappa shape index (κ1) is 14.6. The molecule has 2 aromatic heterocycles. The number of carbonyl (C=O) groups excluding carboxylic acids is 1. The van der Waals surface area contributed by atoms with Gasteiger partial charge in [-0.2, -0.15) is 0 Å². The molecule has 2 aromatic rings. The van der Waals surface area contributed by atoms with Gasteiger partial charge in [0.25, 0.3) is 0 Å². The number of aromatic nitrogens is 3. The molecule has 0 aliphatic heterocycles. The van der Waals surface area contributed by atoms with Crippen molar-refractivity contribution in [2.45, 2.75) is 19.3 Å². The van der Waals surface area contributed by atoms with Crippen LogP contribution in [0.2, 0.25) is 0 Å². The van der Waals surface area contributed by atoms with Crippen molar-refractivity contribution < 1.29 is 14.7 Å². The topological polar surface area (TPSA) is 119 Å². The Morgan fingerprint density at radius 3 is 2.19 bits per heavy atom. The van der Waals surface area contributed by atoms with E-state index in [0.717, 1.165) is 24.0 Å². The molecule has 7 heteroatoms.